The van der Waals surface area contributed by atoms with Gasteiger partial charge in [0.25, 0.3) is 5.91 Å². The minimum absolute atomic E-state index is 0.0133. The Hall–Kier alpha value is -1.86. The Labute approximate surface area is 125 Å². The lowest BCUT2D eigenvalue weighted by Crippen LogP contribution is -2.32. The fourth-order valence-corrected chi connectivity index (χ4v) is 1.91. The lowest BCUT2D eigenvalue weighted by molar-refractivity contribution is 0.0757. The summed E-state index contributed by atoms with van der Waals surface area (Å²) in [6.45, 7) is 5.11. The van der Waals surface area contributed by atoms with E-state index in [0.29, 0.717) is 25.1 Å². The van der Waals surface area contributed by atoms with Gasteiger partial charge in [-0.3, -0.25) is 4.79 Å². The van der Waals surface area contributed by atoms with Gasteiger partial charge >= 0.3 is 0 Å². The van der Waals surface area contributed by atoms with Crippen LogP contribution in [0, 0.1) is 17.7 Å². The standard InChI is InChI=1S/C17H22FNO2/c1-3-5-11-19(4-2)17(21)15-13-14(8-6-7-12-20)9-10-16(15)18/h9-10,13,20H,3-5,7,11-12H2,1-2H3. The summed E-state index contributed by atoms with van der Waals surface area (Å²) in [5.41, 5.74) is 0.642. The molecule has 3 nitrogen and oxygen atoms in total. The maximum Gasteiger partial charge on any atom is 0.256 e. The Morgan fingerprint density at radius 2 is 2.14 bits per heavy atom. The Bertz CT molecular complexity index is 531. The van der Waals surface area contributed by atoms with Crippen molar-refractivity contribution >= 4 is 5.91 Å². The third kappa shape index (κ3) is 5.20. The van der Waals surface area contributed by atoms with Crippen LogP contribution in [0.1, 0.15) is 49.0 Å². The summed E-state index contributed by atoms with van der Waals surface area (Å²) >= 11 is 0. The van der Waals surface area contributed by atoms with E-state index < -0.39 is 5.82 Å². The molecule has 0 unspecified atom stereocenters. The molecular weight excluding hydrogens is 269 g/mol. The van der Waals surface area contributed by atoms with Gasteiger partial charge in [0.2, 0.25) is 0 Å². The number of carbonyl (C=O) groups excluding carboxylic acids is 1. The molecule has 21 heavy (non-hydrogen) atoms. The van der Waals surface area contributed by atoms with Gasteiger partial charge in [-0.1, -0.05) is 25.2 Å². The predicted molar refractivity (Wildman–Crippen MR) is 81.5 cm³/mol. The van der Waals surface area contributed by atoms with E-state index in [2.05, 4.69) is 18.8 Å². The number of rotatable bonds is 6. The summed E-state index contributed by atoms with van der Waals surface area (Å²) in [5, 5.41) is 8.70. The molecule has 1 aromatic carbocycles. The third-order valence-electron chi connectivity index (χ3n) is 3.12. The molecule has 0 aromatic heterocycles. The van der Waals surface area contributed by atoms with Crippen molar-refractivity contribution in [2.75, 3.05) is 19.7 Å². The fraction of sp³-hybridized carbons (Fsp3) is 0.471. The van der Waals surface area contributed by atoms with Crippen molar-refractivity contribution in [2.45, 2.75) is 33.1 Å². The van der Waals surface area contributed by atoms with Crippen molar-refractivity contribution in [3.8, 4) is 11.8 Å². The zero-order valence-corrected chi connectivity index (χ0v) is 12.7. The molecule has 114 valence electrons. The van der Waals surface area contributed by atoms with E-state index >= 15 is 0 Å². The van der Waals surface area contributed by atoms with Crippen LogP contribution in [0.4, 0.5) is 4.39 Å². The summed E-state index contributed by atoms with van der Waals surface area (Å²) in [6, 6.07) is 4.29. The first-order chi connectivity index (χ1) is 10.1. The van der Waals surface area contributed by atoms with Gasteiger partial charge in [0.05, 0.1) is 12.2 Å². The highest BCUT2D eigenvalue weighted by molar-refractivity contribution is 5.94. The molecule has 0 saturated heterocycles. The lowest BCUT2D eigenvalue weighted by atomic mass is 10.1. The largest absolute Gasteiger partial charge is 0.395 e. The van der Waals surface area contributed by atoms with Crippen molar-refractivity contribution in [3.63, 3.8) is 0 Å². The number of amides is 1. The quantitative estimate of drug-likeness (QED) is 0.819. The summed E-state index contributed by atoms with van der Waals surface area (Å²) < 4.78 is 13.9. The van der Waals surface area contributed by atoms with Gasteiger partial charge in [0.15, 0.2) is 0 Å². The van der Waals surface area contributed by atoms with Crippen molar-refractivity contribution in [1.29, 1.82) is 0 Å². The van der Waals surface area contributed by atoms with Gasteiger partial charge in [0.1, 0.15) is 5.82 Å². The molecule has 0 atom stereocenters. The first kappa shape index (κ1) is 17.2. The second kappa shape index (κ2) is 9.15. The topological polar surface area (TPSA) is 40.5 Å². The fourth-order valence-electron chi connectivity index (χ4n) is 1.91. The lowest BCUT2D eigenvalue weighted by Gasteiger charge is -2.21. The first-order valence-electron chi connectivity index (χ1n) is 7.32. The average Bonchev–Trinajstić information content (AvgIpc) is 2.49. The highest BCUT2D eigenvalue weighted by Gasteiger charge is 2.17. The number of hydrogen-bond acceptors (Lipinski definition) is 2. The Morgan fingerprint density at radius 1 is 1.38 bits per heavy atom. The molecular formula is C17H22FNO2. The van der Waals surface area contributed by atoms with Crippen LogP contribution in [0.2, 0.25) is 0 Å². The molecule has 1 N–H and O–H groups in total. The van der Waals surface area contributed by atoms with Crippen LogP contribution < -0.4 is 0 Å². The Balaban J connectivity index is 2.97. The molecule has 0 spiro atoms. The minimum atomic E-state index is -0.525. The molecule has 0 heterocycles. The second-order valence-corrected chi connectivity index (χ2v) is 4.71. The molecule has 4 heteroatoms. The smallest absolute Gasteiger partial charge is 0.256 e. The van der Waals surface area contributed by atoms with E-state index in [1.807, 2.05) is 6.92 Å². The maximum absolute atomic E-state index is 13.9. The molecule has 1 amide bonds. The van der Waals surface area contributed by atoms with Crippen LogP contribution in [-0.2, 0) is 0 Å². The predicted octanol–water partition coefficient (Wildman–Crippen LogP) is 2.82. The summed E-state index contributed by atoms with van der Waals surface area (Å²) in [7, 11) is 0. The number of benzene rings is 1. The van der Waals surface area contributed by atoms with Crippen molar-refractivity contribution in [1.82, 2.24) is 4.90 Å². The number of aliphatic hydroxyl groups excluding tert-OH is 1. The second-order valence-electron chi connectivity index (χ2n) is 4.71. The van der Waals surface area contributed by atoms with E-state index in [-0.39, 0.29) is 18.1 Å². The summed E-state index contributed by atoms with van der Waals surface area (Å²) in [5.74, 6) is 4.77. The SMILES string of the molecule is CCCCN(CC)C(=O)c1cc(C#CCCO)ccc1F. The third-order valence-corrected chi connectivity index (χ3v) is 3.12. The van der Waals surface area contributed by atoms with Gasteiger partial charge < -0.3 is 10.0 Å². The molecule has 0 fully saturated rings. The van der Waals surface area contributed by atoms with Gasteiger partial charge in [0, 0.05) is 25.1 Å². The van der Waals surface area contributed by atoms with Gasteiger partial charge in [-0.2, -0.15) is 0 Å². The number of carbonyl (C=O) groups is 1. The number of halogens is 1. The van der Waals surface area contributed by atoms with Gasteiger partial charge in [-0.15, -0.1) is 0 Å². The van der Waals surface area contributed by atoms with Crippen LogP contribution in [-0.4, -0.2) is 35.6 Å². The molecule has 0 bridgehead atoms. The average molecular weight is 291 g/mol. The van der Waals surface area contributed by atoms with Gasteiger partial charge in [-0.25, -0.2) is 4.39 Å². The molecule has 1 rings (SSSR count). The summed E-state index contributed by atoms with van der Waals surface area (Å²) in [6.07, 6.45) is 2.24. The van der Waals surface area contributed by atoms with Crippen LogP contribution in [0.15, 0.2) is 18.2 Å². The van der Waals surface area contributed by atoms with E-state index in [9.17, 15) is 9.18 Å². The van der Waals surface area contributed by atoms with Crippen molar-refractivity contribution in [3.05, 3.63) is 35.1 Å². The van der Waals surface area contributed by atoms with Crippen molar-refractivity contribution < 1.29 is 14.3 Å². The Kier molecular flexibility index (Phi) is 7.49. The highest BCUT2D eigenvalue weighted by atomic mass is 19.1. The molecule has 0 aliphatic carbocycles. The monoisotopic (exact) mass is 291 g/mol. The van der Waals surface area contributed by atoms with Crippen LogP contribution in [0.3, 0.4) is 0 Å². The summed E-state index contributed by atoms with van der Waals surface area (Å²) in [4.78, 5) is 14.0. The van der Waals surface area contributed by atoms with Gasteiger partial charge in [-0.05, 0) is 31.5 Å². The van der Waals surface area contributed by atoms with Crippen molar-refractivity contribution in [2.24, 2.45) is 0 Å². The number of hydrogen-bond donors (Lipinski definition) is 1. The molecule has 0 saturated carbocycles. The Morgan fingerprint density at radius 3 is 2.76 bits per heavy atom. The molecule has 0 aliphatic rings. The van der Waals surface area contributed by atoms with Crippen LogP contribution in [0.5, 0.6) is 0 Å². The number of unbranched alkanes of at least 4 members (excludes halogenated alkanes) is 1. The number of nitrogens with zero attached hydrogens (tertiary/aromatic N) is 1. The van der Waals surface area contributed by atoms with E-state index in [0.717, 1.165) is 12.8 Å². The van der Waals surface area contributed by atoms with E-state index in [1.165, 1.54) is 12.1 Å². The zero-order valence-electron chi connectivity index (χ0n) is 12.7. The first-order valence-corrected chi connectivity index (χ1v) is 7.32. The maximum atomic E-state index is 13.9. The molecule has 0 aliphatic heterocycles. The zero-order chi connectivity index (χ0) is 15.7. The normalized spacial score (nSPS) is 9.90. The van der Waals surface area contributed by atoms with Crippen LogP contribution in [0.25, 0.3) is 0 Å². The minimum Gasteiger partial charge on any atom is -0.395 e. The van der Waals surface area contributed by atoms with E-state index in [4.69, 9.17) is 5.11 Å². The molecule has 0 radical (unpaired) electrons. The van der Waals surface area contributed by atoms with Crippen LogP contribution >= 0.6 is 0 Å². The van der Waals surface area contributed by atoms with E-state index in [1.54, 1.807) is 11.0 Å². The highest BCUT2D eigenvalue weighted by Crippen LogP contribution is 2.13. The number of aliphatic hydroxyl groups is 1. The molecule has 1 aromatic rings.